The van der Waals surface area contributed by atoms with Crippen LogP contribution in [-0.2, 0) is 14.8 Å². The molecule has 0 fully saturated rings. The third-order valence-corrected chi connectivity index (χ3v) is 6.06. The predicted molar refractivity (Wildman–Crippen MR) is 106 cm³/mol. The van der Waals surface area contributed by atoms with Crippen molar-refractivity contribution in [3.63, 3.8) is 0 Å². The van der Waals surface area contributed by atoms with Crippen LogP contribution in [-0.4, -0.2) is 36.8 Å². The Hall–Kier alpha value is -2.68. The van der Waals surface area contributed by atoms with Crippen molar-refractivity contribution in [2.75, 3.05) is 18.9 Å². The van der Waals surface area contributed by atoms with Crippen molar-refractivity contribution in [1.29, 1.82) is 0 Å². The first-order valence-electron chi connectivity index (χ1n) is 8.22. The fraction of sp³-hybridized carbons (Fsp3) is 0.105. The lowest BCUT2D eigenvalue weighted by Gasteiger charge is -2.18. The molecular formula is C19H17ClFN3O3S. The number of amides is 1. The maximum absolute atomic E-state index is 13.0. The quantitative estimate of drug-likeness (QED) is 0.661. The van der Waals surface area contributed by atoms with Gasteiger partial charge in [-0.2, -0.15) is 4.31 Å². The standard InChI is InChI=1S/C19H17ClFN3O3S/c1-23(28(26,27)16-7-5-15(21)6-8-16)13-19(25)22-17-9-4-14(20)12-18(17)24-10-2-3-11-24/h2-12H,13H2,1H3,(H,22,25). The second kappa shape index (κ2) is 8.14. The van der Waals surface area contributed by atoms with E-state index in [-0.39, 0.29) is 4.90 Å². The van der Waals surface area contributed by atoms with E-state index < -0.39 is 28.3 Å². The summed E-state index contributed by atoms with van der Waals surface area (Å²) < 4.78 is 40.8. The molecule has 0 atom stereocenters. The van der Waals surface area contributed by atoms with Gasteiger partial charge in [0.1, 0.15) is 5.82 Å². The lowest BCUT2D eigenvalue weighted by molar-refractivity contribution is -0.116. The van der Waals surface area contributed by atoms with Crippen molar-refractivity contribution in [3.8, 4) is 5.69 Å². The highest BCUT2D eigenvalue weighted by atomic mass is 35.5. The van der Waals surface area contributed by atoms with Gasteiger partial charge < -0.3 is 9.88 Å². The minimum atomic E-state index is -3.92. The lowest BCUT2D eigenvalue weighted by Crippen LogP contribution is -2.35. The normalized spacial score (nSPS) is 11.6. The molecule has 146 valence electrons. The fourth-order valence-corrected chi connectivity index (χ4v) is 3.88. The maximum Gasteiger partial charge on any atom is 0.243 e. The molecule has 0 aliphatic carbocycles. The molecule has 3 rings (SSSR count). The molecule has 0 saturated heterocycles. The molecule has 1 aromatic heterocycles. The first-order chi connectivity index (χ1) is 13.3. The Morgan fingerprint density at radius 1 is 1.14 bits per heavy atom. The van der Waals surface area contributed by atoms with Crippen LogP contribution in [0.15, 0.2) is 71.9 Å². The Labute approximate surface area is 167 Å². The number of benzene rings is 2. The van der Waals surface area contributed by atoms with Gasteiger partial charge in [-0.15, -0.1) is 0 Å². The molecular weight excluding hydrogens is 405 g/mol. The van der Waals surface area contributed by atoms with Gasteiger partial charge in [0, 0.05) is 24.5 Å². The number of carbonyl (C=O) groups excluding carboxylic acids is 1. The van der Waals surface area contributed by atoms with Crippen LogP contribution >= 0.6 is 11.6 Å². The monoisotopic (exact) mass is 421 g/mol. The van der Waals surface area contributed by atoms with Crippen LogP contribution in [0.3, 0.4) is 0 Å². The van der Waals surface area contributed by atoms with Gasteiger partial charge in [0.05, 0.1) is 22.8 Å². The molecule has 0 unspecified atom stereocenters. The minimum Gasteiger partial charge on any atom is -0.323 e. The molecule has 9 heteroatoms. The first-order valence-corrected chi connectivity index (χ1v) is 10.0. The fourth-order valence-electron chi connectivity index (χ4n) is 2.58. The number of nitrogens with zero attached hydrogens (tertiary/aromatic N) is 2. The van der Waals surface area contributed by atoms with E-state index in [0.717, 1.165) is 28.6 Å². The number of aromatic nitrogens is 1. The third kappa shape index (κ3) is 4.41. The van der Waals surface area contributed by atoms with E-state index in [1.807, 2.05) is 12.1 Å². The zero-order chi connectivity index (χ0) is 20.3. The number of anilines is 1. The van der Waals surface area contributed by atoms with Crippen LogP contribution in [0.1, 0.15) is 0 Å². The summed E-state index contributed by atoms with van der Waals surface area (Å²) in [6.45, 7) is -0.409. The van der Waals surface area contributed by atoms with Crippen molar-refractivity contribution < 1.29 is 17.6 Å². The number of carbonyl (C=O) groups is 1. The van der Waals surface area contributed by atoms with Gasteiger partial charge in [-0.05, 0) is 54.6 Å². The summed E-state index contributed by atoms with van der Waals surface area (Å²) in [6.07, 6.45) is 3.60. The van der Waals surface area contributed by atoms with E-state index in [1.54, 1.807) is 35.2 Å². The van der Waals surface area contributed by atoms with Crippen LogP contribution in [0.25, 0.3) is 5.69 Å². The summed E-state index contributed by atoms with van der Waals surface area (Å²) in [4.78, 5) is 12.3. The SMILES string of the molecule is CN(CC(=O)Nc1ccc(Cl)cc1-n1cccc1)S(=O)(=O)c1ccc(F)cc1. The summed E-state index contributed by atoms with van der Waals surface area (Å²) in [5, 5.41) is 3.20. The van der Waals surface area contributed by atoms with Crippen molar-refractivity contribution in [2.24, 2.45) is 0 Å². The van der Waals surface area contributed by atoms with Crippen LogP contribution < -0.4 is 5.32 Å². The highest BCUT2D eigenvalue weighted by molar-refractivity contribution is 7.89. The van der Waals surface area contributed by atoms with Gasteiger partial charge >= 0.3 is 0 Å². The van der Waals surface area contributed by atoms with Crippen molar-refractivity contribution in [3.05, 3.63) is 77.8 Å². The Bertz CT molecular complexity index is 1080. The van der Waals surface area contributed by atoms with E-state index in [9.17, 15) is 17.6 Å². The number of sulfonamides is 1. The van der Waals surface area contributed by atoms with E-state index in [2.05, 4.69) is 5.32 Å². The molecule has 0 spiro atoms. The van der Waals surface area contributed by atoms with Crippen molar-refractivity contribution in [2.45, 2.75) is 4.90 Å². The highest BCUT2D eigenvalue weighted by Crippen LogP contribution is 2.25. The Morgan fingerprint density at radius 2 is 1.79 bits per heavy atom. The topological polar surface area (TPSA) is 71.4 Å². The molecule has 28 heavy (non-hydrogen) atoms. The molecule has 1 amide bonds. The molecule has 0 aliphatic rings. The number of nitrogens with one attached hydrogen (secondary N) is 1. The highest BCUT2D eigenvalue weighted by Gasteiger charge is 2.23. The van der Waals surface area contributed by atoms with Crippen LogP contribution in [0, 0.1) is 5.82 Å². The number of hydrogen-bond donors (Lipinski definition) is 1. The molecule has 0 radical (unpaired) electrons. The zero-order valence-corrected chi connectivity index (χ0v) is 16.4. The van der Waals surface area contributed by atoms with Gasteiger partial charge in [0.2, 0.25) is 15.9 Å². The number of hydrogen-bond acceptors (Lipinski definition) is 3. The van der Waals surface area contributed by atoms with Gasteiger partial charge in [-0.25, -0.2) is 12.8 Å². The summed E-state index contributed by atoms with van der Waals surface area (Å²) in [5.74, 6) is -1.07. The van der Waals surface area contributed by atoms with Gasteiger partial charge in [0.15, 0.2) is 0 Å². The van der Waals surface area contributed by atoms with E-state index >= 15 is 0 Å². The van der Waals surface area contributed by atoms with Crippen molar-refractivity contribution in [1.82, 2.24) is 8.87 Å². The number of rotatable bonds is 6. The molecule has 1 N–H and O–H groups in total. The Balaban J connectivity index is 1.77. The van der Waals surface area contributed by atoms with Gasteiger partial charge in [0.25, 0.3) is 0 Å². The van der Waals surface area contributed by atoms with E-state index in [4.69, 9.17) is 11.6 Å². The average molecular weight is 422 g/mol. The van der Waals surface area contributed by atoms with Crippen LogP contribution in [0.5, 0.6) is 0 Å². The third-order valence-electron chi connectivity index (χ3n) is 4.00. The minimum absolute atomic E-state index is 0.0938. The Morgan fingerprint density at radius 3 is 2.43 bits per heavy atom. The summed E-state index contributed by atoms with van der Waals surface area (Å²) >= 11 is 6.05. The second-order valence-electron chi connectivity index (χ2n) is 6.01. The lowest BCUT2D eigenvalue weighted by atomic mass is 10.2. The maximum atomic E-state index is 13.0. The average Bonchev–Trinajstić information content (AvgIpc) is 3.18. The largest absolute Gasteiger partial charge is 0.323 e. The van der Waals surface area contributed by atoms with Gasteiger partial charge in [-0.1, -0.05) is 11.6 Å². The molecule has 0 saturated carbocycles. The molecule has 1 heterocycles. The second-order valence-corrected chi connectivity index (χ2v) is 8.50. The van der Waals surface area contributed by atoms with Crippen LogP contribution in [0.2, 0.25) is 5.02 Å². The smallest absolute Gasteiger partial charge is 0.243 e. The van der Waals surface area contributed by atoms with Crippen molar-refractivity contribution >= 4 is 33.2 Å². The molecule has 0 aliphatic heterocycles. The predicted octanol–water partition coefficient (Wildman–Crippen LogP) is 3.53. The first kappa shape index (κ1) is 20.1. The molecule has 0 bridgehead atoms. The van der Waals surface area contributed by atoms with Crippen LogP contribution in [0.4, 0.5) is 10.1 Å². The summed E-state index contributed by atoms with van der Waals surface area (Å²) in [5.41, 5.74) is 1.13. The summed E-state index contributed by atoms with van der Waals surface area (Å²) in [7, 11) is -2.64. The van der Waals surface area contributed by atoms with Gasteiger partial charge in [-0.3, -0.25) is 4.79 Å². The van der Waals surface area contributed by atoms with E-state index in [1.165, 1.54) is 7.05 Å². The molecule has 3 aromatic rings. The number of likely N-dealkylation sites (N-methyl/N-ethyl adjacent to an activating group) is 1. The Kier molecular flexibility index (Phi) is 5.83. The molecule has 2 aromatic carbocycles. The molecule has 6 nitrogen and oxygen atoms in total. The summed E-state index contributed by atoms with van der Waals surface area (Å²) in [6, 6.07) is 13.0. The van der Waals surface area contributed by atoms with E-state index in [0.29, 0.717) is 16.4 Å². The zero-order valence-electron chi connectivity index (χ0n) is 14.8. The number of halogens is 2.